The fraction of sp³-hybridized carbons (Fsp3) is 0.500. The zero-order chi connectivity index (χ0) is 13.1. The van der Waals surface area contributed by atoms with Crippen molar-refractivity contribution in [3.05, 3.63) is 23.8 Å². The average molecular weight is 263 g/mol. The van der Waals surface area contributed by atoms with Crippen LogP contribution in [0.5, 0.6) is 11.5 Å². The van der Waals surface area contributed by atoms with Gasteiger partial charge in [-0.15, -0.1) is 0 Å². The zero-order valence-corrected chi connectivity index (χ0v) is 10.7. The van der Waals surface area contributed by atoms with Crippen LogP contribution in [0.3, 0.4) is 0 Å². The van der Waals surface area contributed by atoms with Gasteiger partial charge in [-0.1, -0.05) is 0 Å². The van der Waals surface area contributed by atoms with Gasteiger partial charge in [0.05, 0.1) is 6.10 Å². The molecule has 1 saturated heterocycles. The minimum absolute atomic E-state index is 0.104. The number of amides is 1. The SMILES string of the molecule is O=C(NC[C@H]1CCCO1)c1ccc2c(c1)OCCO2. The number of benzene rings is 1. The molecule has 19 heavy (non-hydrogen) atoms. The zero-order valence-electron chi connectivity index (χ0n) is 10.7. The monoisotopic (exact) mass is 263 g/mol. The van der Waals surface area contributed by atoms with Crippen molar-refractivity contribution in [1.82, 2.24) is 5.32 Å². The van der Waals surface area contributed by atoms with Crippen molar-refractivity contribution in [2.45, 2.75) is 18.9 Å². The maximum Gasteiger partial charge on any atom is 0.251 e. The van der Waals surface area contributed by atoms with E-state index < -0.39 is 0 Å². The number of nitrogens with one attached hydrogen (secondary N) is 1. The van der Waals surface area contributed by atoms with E-state index in [4.69, 9.17) is 14.2 Å². The molecular weight excluding hydrogens is 246 g/mol. The molecule has 0 radical (unpaired) electrons. The molecule has 1 aromatic rings. The molecule has 0 aliphatic carbocycles. The lowest BCUT2D eigenvalue weighted by Crippen LogP contribution is -2.31. The third-order valence-electron chi connectivity index (χ3n) is 3.32. The first-order valence-corrected chi connectivity index (χ1v) is 6.62. The maximum absolute atomic E-state index is 12.0. The van der Waals surface area contributed by atoms with Crippen LogP contribution < -0.4 is 14.8 Å². The van der Waals surface area contributed by atoms with Crippen LogP contribution in [0, 0.1) is 0 Å². The Morgan fingerprint density at radius 3 is 2.84 bits per heavy atom. The highest BCUT2D eigenvalue weighted by Gasteiger charge is 2.18. The van der Waals surface area contributed by atoms with E-state index in [1.807, 2.05) is 0 Å². The molecule has 1 fully saturated rings. The second kappa shape index (κ2) is 5.48. The van der Waals surface area contributed by atoms with E-state index >= 15 is 0 Å². The molecule has 1 atom stereocenters. The molecule has 0 saturated carbocycles. The molecule has 2 aliphatic heterocycles. The molecule has 5 heteroatoms. The molecule has 5 nitrogen and oxygen atoms in total. The summed E-state index contributed by atoms with van der Waals surface area (Å²) in [5.74, 6) is 1.23. The Bertz CT molecular complexity index is 469. The number of ether oxygens (including phenoxy) is 3. The van der Waals surface area contributed by atoms with Crippen LogP contribution in [0.4, 0.5) is 0 Å². The Balaban J connectivity index is 1.62. The van der Waals surface area contributed by atoms with Crippen molar-refractivity contribution < 1.29 is 19.0 Å². The van der Waals surface area contributed by atoms with E-state index in [9.17, 15) is 4.79 Å². The lowest BCUT2D eigenvalue weighted by molar-refractivity contribution is 0.0857. The van der Waals surface area contributed by atoms with Gasteiger partial charge < -0.3 is 19.5 Å². The van der Waals surface area contributed by atoms with Crippen LogP contribution in [0.25, 0.3) is 0 Å². The van der Waals surface area contributed by atoms with Crippen LogP contribution in [0.2, 0.25) is 0 Å². The Kier molecular flexibility index (Phi) is 3.55. The van der Waals surface area contributed by atoms with Gasteiger partial charge in [-0.25, -0.2) is 0 Å². The Morgan fingerprint density at radius 1 is 1.21 bits per heavy atom. The van der Waals surface area contributed by atoms with Gasteiger partial charge in [0, 0.05) is 18.7 Å². The summed E-state index contributed by atoms with van der Waals surface area (Å²) in [4.78, 5) is 12.0. The number of carbonyl (C=O) groups is 1. The highest BCUT2D eigenvalue weighted by molar-refractivity contribution is 5.94. The molecule has 3 rings (SSSR count). The van der Waals surface area contributed by atoms with Crippen LogP contribution in [0.1, 0.15) is 23.2 Å². The summed E-state index contributed by atoms with van der Waals surface area (Å²) in [6, 6.07) is 5.24. The number of hydrogen-bond donors (Lipinski definition) is 1. The predicted molar refractivity (Wildman–Crippen MR) is 68.7 cm³/mol. The topological polar surface area (TPSA) is 56.8 Å². The van der Waals surface area contributed by atoms with E-state index in [2.05, 4.69) is 5.32 Å². The molecule has 2 heterocycles. The molecule has 1 amide bonds. The molecule has 0 bridgehead atoms. The molecule has 1 N–H and O–H groups in total. The minimum atomic E-state index is -0.104. The number of carbonyl (C=O) groups excluding carboxylic acids is 1. The summed E-state index contributed by atoms with van der Waals surface area (Å²) in [5, 5.41) is 2.89. The first kappa shape index (κ1) is 12.3. The first-order valence-electron chi connectivity index (χ1n) is 6.62. The van der Waals surface area contributed by atoms with Crippen molar-refractivity contribution in [2.24, 2.45) is 0 Å². The van der Waals surface area contributed by atoms with Crippen molar-refractivity contribution in [2.75, 3.05) is 26.4 Å². The molecule has 1 aromatic carbocycles. The van der Waals surface area contributed by atoms with Gasteiger partial charge in [0.15, 0.2) is 11.5 Å². The Hall–Kier alpha value is -1.75. The second-order valence-corrected chi connectivity index (χ2v) is 4.70. The molecular formula is C14H17NO4. The minimum Gasteiger partial charge on any atom is -0.486 e. The van der Waals surface area contributed by atoms with E-state index in [0.717, 1.165) is 19.4 Å². The van der Waals surface area contributed by atoms with Crippen LogP contribution in [-0.2, 0) is 4.74 Å². The number of hydrogen-bond acceptors (Lipinski definition) is 4. The highest BCUT2D eigenvalue weighted by Crippen LogP contribution is 2.30. The van der Waals surface area contributed by atoms with E-state index in [-0.39, 0.29) is 12.0 Å². The van der Waals surface area contributed by atoms with Crippen molar-refractivity contribution in [1.29, 1.82) is 0 Å². The molecule has 0 aromatic heterocycles. The van der Waals surface area contributed by atoms with E-state index in [0.29, 0.717) is 36.8 Å². The van der Waals surface area contributed by atoms with Crippen molar-refractivity contribution in [3.63, 3.8) is 0 Å². The van der Waals surface area contributed by atoms with Crippen LogP contribution in [-0.4, -0.2) is 38.4 Å². The molecule has 2 aliphatic rings. The fourth-order valence-corrected chi connectivity index (χ4v) is 2.30. The standard InChI is InChI=1S/C14H17NO4/c16-14(15-9-11-2-1-5-17-11)10-3-4-12-13(8-10)19-7-6-18-12/h3-4,8,11H,1-2,5-7,9H2,(H,15,16)/t11-/m1/s1. The van der Waals surface area contributed by atoms with Gasteiger partial charge >= 0.3 is 0 Å². The quantitative estimate of drug-likeness (QED) is 0.894. The van der Waals surface area contributed by atoms with Gasteiger partial charge in [-0.2, -0.15) is 0 Å². The maximum atomic E-state index is 12.0. The third-order valence-corrected chi connectivity index (χ3v) is 3.32. The first-order chi connectivity index (χ1) is 9.33. The predicted octanol–water partition coefficient (Wildman–Crippen LogP) is 1.37. The van der Waals surface area contributed by atoms with E-state index in [1.54, 1.807) is 18.2 Å². The molecule has 0 unspecified atom stereocenters. The summed E-state index contributed by atoms with van der Waals surface area (Å²) < 4.78 is 16.4. The highest BCUT2D eigenvalue weighted by atomic mass is 16.6. The summed E-state index contributed by atoms with van der Waals surface area (Å²) in [5.41, 5.74) is 0.585. The van der Waals surface area contributed by atoms with Gasteiger partial charge in [0.25, 0.3) is 5.91 Å². The lowest BCUT2D eigenvalue weighted by atomic mass is 10.1. The van der Waals surface area contributed by atoms with Gasteiger partial charge in [0.2, 0.25) is 0 Å². The molecule has 102 valence electrons. The van der Waals surface area contributed by atoms with Gasteiger partial charge in [-0.05, 0) is 31.0 Å². The summed E-state index contributed by atoms with van der Waals surface area (Å²) in [6.45, 7) is 2.43. The largest absolute Gasteiger partial charge is 0.486 e. The van der Waals surface area contributed by atoms with Gasteiger partial charge in [-0.3, -0.25) is 4.79 Å². The molecule has 0 spiro atoms. The van der Waals surface area contributed by atoms with Crippen LogP contribution in [0.15, 0.2) is 18.2 Å². The summed E-state index contributed by atoms with van der Waals surface area (Å²) >= 11 is 0. The number of rotatable bonds is 3. The fourth-order valence-electron chi connectivity index (χ4n) is 2.30. The third kappa shape index (κ3) is 2.81. The van der Waals surface area contributed by atoms with Crippen LogP contribution >= 0.6 is 0 Å². The smallest absolute Gasteiger partial charge is 0.251 e. The summed E-state index contributed by atoms with van der Waals surface area (Å²) in [7, 11) is 0. The summed E-state index contributed by atoms with van der Waals surface area (Å²) in [6.07, 6.45) is 2.24. The number of fused-ring (bicyclic) bond motifs is 1. The lowest BCUT2D eigenvalue weighted by Gasteiger charge is -2.19. The van der Waals surface area contributed by atoms with Crippen molar-refractivity contribution >= 4 is 5.91 Å². The van der Waals surface area contributed by atoms with E-state index in [1.165, 1.54) is 0 Å². The Labute approximate surface area is 111 Å². The Morgan fingerprint density at radius 2 is 2.05 bits per heavy atom. The normalized spacial score (nSPS) is 21.2. The second-order valence-electron chi connectivity index (χ2n) is 4.70. The van der Waals surface area contributed by atoms with Gasteiger partial charge in [0.1, 0.15) is 13.2 Å². The van der Waals surface area contributed by atoms with Crippen molar-refractivity contribution in [3.8, 4) is 11.5 Å². The average Bonchev–Trinajstić information content (AvgIpc) is 2.97.